The van der Waals surface area contributed by atoms with Crippen LogP contribution in [0.5, 0.6) is 5.75 Å². The minimum atomic E-state index is -5.22. The number of halogens is 3. The van der Waals surface area contributed by atoms with Gasteiger partial charge in [0.1, 0.15) is 11.8 Å². The van der Waals surface area contributed by atoms with Crippen molar-refractivity contribution in [2.75, 3.05) is 13.2 Å². The van der Waals surface area contributed by atoms with E-state index in [-0.39, 0.29) is 0 Å². The van der Waals surface area contributed by atoms with Crippen LogP contribution in [0.3, 0.4) is 0 Å². The van der Waals surface area contributed by atoms with E-state index < -0.39 is 24.2 Å². The van der Waals surface area contributed by atoms with Gasteiger partial charge in [0, 0.05) is 0 Å². The summed E-state index contributed by atoms with van der Waals surface area (Å²) in [7, 11) is 0. The number of nitrogens with one attached hydrogen (secondary N) is 1. The fourth-order valence-corrected chi connectivity index (χ4v) is 3.46. The molecule has 0 radical (unpaired) electrons. The maximum Gasteiger partial charge on any atom is 0.495 e. The van der Waals surface area contributed by atoms with Gasteiger partial charge in [0.05, 0.1) is 6.61 Å². The highest BCUT2D eigenvalue weighted by atomic mass is 19.4. The first kappa shape index (κ1) is 25.0. The van der Waals surface area contributed by atoms with Crippen LogP contribution in [-0.4, -0.2) is 37.3 Å². The Morgan fingerprint density at radius 2 is 1.77 bits per heavy atom. The summed E-state index contributed by atoms with van der Waals surface area (Å²) in [6.45, 7) is 2.58. The van der Waals surface area contributed by atoms with Gasteiger partial charge in [-0.05, 0) is 56.3 Å². The molecule has 0 bridgehead atoms. The number of hydrogen-bond donors (Lipinski definition) is 1. The number of hydrogen-bond acceptors (Lipinski definition) is 6. The predicted molar refractivity (Wildman–Crippen MR) is 107 cm³/mol. The molecular weight excluding hydrogens is 415 g/mol. The lowest BCUT2D eigenvalue weighted by Crippen LogP contribution is -2.37. The van der Waals surface area contributed by atoms with Gasteiger partial charge in [0.15, 0.2) is 0 Å². The zero-order valence-corrected chi connectivity index (χ0v) is 17.7. The van der Waals surface area contributed by atoms with Crippen molar-refractivity contribution in [2.24, 2.45) is 5.92 Å². The SMILES string of the molecule is C[C@H](NCCCc1ccc(OCCC2CCCCC2)cc1)C(=O)OOC(=O)C(F)(F)F. The van der Waals surface area contributed by atoms with Crippen LogP contribution in [0, 0.1) is 5.92 Å². The molecule has 0 amide bonds. The van der Waals surface area contributed by atoms with E-state index in [0.717, 1.165) is 36.7 Å². The molecule has 1 fully saturated rings. The summed E-state index contributed by atoms with van der Waals surface area (Å²) in [5.41, 5.74) is 1.11. The molecule has 0 aliphatic heterocycles. The number of aryl methyl sites for hydroxylation is 1. The molecule has 0 aromatic heterocycles. The van der Waals surface area contributed by atoms with E-state index >= 15 is 0 Å². The monoisotopic (exact) mass is 445 g/mol. The highest BCUT2D eigenvalue weighted by Gasteiger charge is 2.43. The molecule has 31 heavy (non-hydrogen) atoms. The Kier molecular flexibility index (Phi) is 10.1. The number of carbonyl (C=O) groups is 2. The summed E-state index contributed by atoms with van der Waals surface area (Å²) in [5.74, 6) is -2.04. The second kappa shape index (κ2) is 12.5. The summed E-state index contributed by atoms with van der Waals surface area (Å²) in [4.78, 5) is 29.4. The fraction of sp³-hybridized carbons (Fsp3) is 0.636. The Bertz CT molecular complexity index is 687. The molecule has 1 aliphatic carbocycles. The van der Waals surface area contributed by atoms with Crippen LogP contribution in [0.4, 0.5) is 13.2 Å². The molecule has 0 unspecified atom stereocenters. The molecule has 1 N–H and O–H groups in total. The minimum absolute atomic E-state index is 0.434. The zero-order chi connectivity index (χ0) is 22.7. The second-order valence-electron chi connectivity index (χ2n) is 7.84. The molecule has 9 heteroatoms. The quantitative estimate of drug-likeness (QED) is 0.325. The van der Waals surface area contributed by atoms with Crippen LogP contribution < -0.4 is 10.1 Å². The molecule has 0 spiro atoms. The van der Waals surface area contributed by atoms with Gasteiger partial charge in [0.2, 0.25) is 0 Å². The Morgan fingerprint density at radius 1 is 1.10 bits per heavy atom. The van der Waals surface area contributed by atoms with Gasteiger partial charge in [-0.25, -0.2) is 19.4 Å². The molecule has 0 saturated heterocycles. The molecule has 6 nitrogen and oxygen atoms in total. The molecule has 1 aromatic rings. The highest BCUT2D eigenvalue weighted by Crippen LogP contribution is 2.26. The van der Waals surface area contributed by atoms with Crippen molar-refractivity contribution in [3.8, 4) is 5.75 Å². The van der Waals surface area contributed by atoms with Crippen LogP contribution >= 0.6 is 0 Å². The van der Waals surface area contributed by atoms with Gasteiger partial charge in [-0.2, -0.15) is 13.2 Å². The van der Waals surface area contributed by atoms with E-state index in [1.165, 1.54) is 39.0 Å². The largest absolute Gasteiger partial charge is 0.495 e. The average Bonchev–Trinajstić information content (AvgIpc) is 2.75. The summed E-state index contributed by atoms with van der Waals surface area (Å²) in [6.07, 6.45) is 3.98. The first-order valence-electron chi connectivity index (χ1n) is 10.7. The van der Waals surface area contributed by atoms with Crippen molar-refractivity contribution < 1.29 is 37.3 Å². The van der Waals surface area contributed by atoms with Crippen LogP contribution in [-0.2, 0) is 25.8 Å². The van der Waals surface area contributed by atoms with Crippen molar-refractivity contribution in [3.05, 3.63) is 29.8 Å². The third-order valence-electron chi connectivity index (χ3n) is 5.32. The number of benzene rings is 1. The first-order valence-corrected chi connectivity index (χ1v) is 10.7. The zero-order valence-electron chi connectivity index (χ0n) is 17.7. The summed E-state index contributed by atoms with van der Waals surface area (Å²) >= 11 is 0. The molecule has 1 aliphatic rings. The van der Waals surface area contributed by atoms with E-state index in [0.29, 0.717) is 13.0 Å². The lowest BCUT2D eigenvalue weighted by molar-refractivity contribution is -0.286. The van der Waals surface area contributed by atoms with Gasteiger partial charge in [0.25, 0.3) is 0 Å². The minimum Gasteiger partial charge on any atom is -0.494 e. The van der Waals surface area contributed by atoms with Gasteiger partial charge < -0.3 is 10.1 Å². The third-order valence-corrected chi connectivity index (χ3v) is 5.32. The van der Waals surface area contributed by atoms with Gasteiger partial charge in [-0.3, -0.25) is 0 Å². The molecule has 1 aromatic carbocycles. The predicted octanol–water partition coefficient (Wildman–Crippen LogP) is 4.51. The normalized spacial score (nSPS) is 15.9. The first-order chi connectivity index (χ1) is 14.8. The molecule has 2 rings (SSSR count). The Labute approximate surface area is 180 Å². The second-order valence-corrected chi connectivity index (χ2v) is 7.84. The Hall–Kier alpha value is -2.29. The highest BCUT2D eigenvalue weighted by molar-refractivity contribution is 5.78. The van der Waals surface area contributed by atoms with E-state index in [9.17, 15) is 22.8 Å². The van der Waals surface area contributed by atoms with Gasteiger partial charge >= 0.3 is 18.1 Å². The van der Waals surface area contributed by atoms with Crippen LogP contribution in [0.1, 0.15) is 57.4 Å². The molecule has 174 valence electrons. The number of rotatable bonds is 10. The number of alkyl halides is 3. The van der Waals surface area contributed by atoms with Crippen LogP contribution in [0.15, 0.2) is 24.3 Å². The van der Waals surface area contributed by atoms with Crippen molar-refractivity contribution in [3.63, 3.8) is 0 Å². The Balaban J connectivity index is 1.58. The maximum atomic E-state index is 12.0. The topological polar surface area (TPSA) is 73.9 Å². The molecule has 1 atom stereocenters. The standard InChI is InChI=1S/C22H30F3NO5/c1-16(20(27)30-31-21(28)22(23,24)25)26-14-5-8-18-9-11-19(12-10-18)29-15-13-17-6-3-2-4-7-17/h9-12,16-17,26H,2-8,13-15H2,1H3/t16-/m0/s1. The Morgan fingerprint density at radius 3 is 2.42 bits per heavy atom. The summed E-state index contributed by atoms with van der Waals surface area (Å²) in [5, 5.41) is 2.81. The van der Waals surface area contributed by atoms with Gasteiger partial charge in [-0.15, -0.1) is 0 Å². The van der Waals surface area contributed by atoms with Gasteiger partial charge in [-0.1, -0.05) is 44.2 Å². The van der Waals surface area contributed by atoms with E-state index in [1.807, 2.05) is 24.3 Å². The van der Waals surface area contributed by atoms with Crippen molar-refractivity contribution >= 4 is 11.9 Å². The molecule has 0 heterocycles. The number of ether oxygens (including phenoxy) is 1. The van der Waals surface area contributed by atoms with E-state index in [4.69, 9.17) is 4.74 Å². The summed E-state index contributed by atoms with van der Waals surface area (Å²) < 4.78 is 41.8. The summed E-state index contributed by atoms with van der Waals surface area (Å²) in [6, 6.07) is 6.95. The molecule has 1 saturated carbocycles. The average molecular weight is 445 g/mol. The number of carbonyl (C=O) groups excluding carboxylic acids is 2. The molecular formula is C22H30F3NO5. The third kappa shape index (κ3) is 9.59. The smallest absolute Gasteiger partial charge is 0.494 e. The van der Waals surface area contributed by atoms with E-state index in [1.54, 1.807) is 0 Å². The van der Waals surface area contributed by atoms with Crippen molar-refractivity contribution in [1.29, 1.82) is 0 Å². The van der Waals surface area contributed by atoms with E-state index in [2.05, 4.69) is 15.1 Å². The lowest BCUT2D eigenvalue weighted by atomic mass is 9.87. The fourth-order valence-electron chi connectivity index (χ4n) is 3.46. The lowest BCUT2D eigenvalue weighted by Gasteiger charge is -2.21. The van der Waals surface area contributed by atoms with Crippen molar-refractivity contribution in [2.45, 2.75) is 70.5 Å². The van der Waals surface area contributed by atoms with Crippen LogP contribution in [0.2, 0.25) is 0 Å². The maximum absolute atomic E-state index is 12.0. The van der Waals surface area contributed by atoms with Crippen molar-refractivity contribution in [1.82, 2.24) is 5.32 Å². The van der Waals surface area contributed by atoms with Crippen LogP contribution in [0.25, 0.3) is 0 Å².